The molecular formula is C28H34N5O4+. The minimum Gasteiger partial charge on any atom is -0.327 e. The molecule has 194 valence electrons. The van der Waals surface area contributed by atoms with E-state index in [1.54, 1.807) is 30.0 Å². The first-order chi connectivity index (χ1) is 17.8. The summed E-state index contributed by atoms with van der Waals surface area (Å²) in [6.07, 6.45) is 3.38. The Morgan fingerprint density at radius 2 is 1.59 bits per heavy atom. The van der Waals surface area contributed by atoms with E-state index in [0.29, 0.717) is 47.2 Å². The van der Waals surface area contributed by atoms with Gasteiger partial charge in [0.05, 0.1) is 37.5 Å². The molecule has 2 amide bonds. The Bertz CT molecular complexity index is 1440. The first kappa shape index (κ1) is 25.1. The molecule has 3 heterocycles. The Balaban J connectivity index is 1.35. The zero-order chi connectivity index (χ0) is 26.2. The van der Waals surface area contributed by atoms with Gasteiger partial charge < -0.3 is 9.88 Å². The molecule has 0 aliphatic carbocycles. The van der Waals surface area contributed by atoms with Gasteiger partial charge in [-0.3, -0.25) is 14.2 Å². The van der Waals surface area contributed by atoms with E-state index in [-0.39, 0.29) is 23.9 Å². The van der Waals surface area contributed by atoms with Crippen molar-refractivity contribution < 1.29 is 14.2 Å². The first-order valence-electron chi connectivity index (χ1n) is 13.0. The normalized spacial score (nSPS) is 18.2. The largest absolute Gasteiger partial charge is 0.329 e. The fraction of sp³-hybridized carbons (Fsp3) is 0.429. The monoisotopic (exact) mass is 504 g/mol. The van der Waals surface area contributed by atoms with Crippen molar-refractivity contribution in [2.45, 2.75) is 39.7 Å². The van der Waals surface area contributed by atoms with Crippen LogP contribution in [0.1, 0.15) is 47.7 Å². The van der Waals surface area contributed by atoms with E-state index in [1.807, 2.05) is 31.2 Å². The van der Waals surface area contributed by atoms with Gasteiger partial charge in [-0.05, 0) is 43.5 Å². The predicted molar refractivity (Wildman–Crippen MR) is 141 cm³/mol. The molecule has 2 aliphatic heterocycles. The number of fused-ring (bicyclic) bond motifs is 1. The molecule has 2 fully saturated rings. The Morgan fingerprint density at radius 1 is 0.919 bits per heavy atom. The van der Waals surface area contributed by atoms with Crippen molar-refractivity contribution in [3.63, 3.8) is 0 Å². The number of rotatable bonds is 4. The van der Waals surface area contributed by atoms with Crippen molar-refractivity contribution in [3.8, 4) is 0 Å². The van der Waals surface area contributed by atoms with Crippen molar-refractivity contribution >= 4 is 22.7 Å². The SMILES string of the molecule is CC(=O)[N+]1(N2CCCCC2)CCN(C(=O)c2ccc3c(=O)n(Cc4ccc(C)cc4)c(=O)[nH]c3c2)CC1. The number of hydrogen-bond donors (Lipinski definition) is 1. The van der Waals surface area contributed by atoms with Crippen LogP contribution in [0.3, 0.4) is 0 Å². The van der Waals surface area contributed by atoms with Crippen molar-refractivity contribution in [3.05, 3.63) is 80.0 Å². The van der Waals surface area contributed by atoms with Crippen LogP contribution < -0.4 is 11.2 Å². The molecule has 0 unspecified atom stereocenters. The lowest BCUT2D eigenvalue weighted by Gasteiger charge is -2.48. The summed E-state index contributed by atoms with van der Waals surface area (Å²) in [6, 6.07) is 12.5. The number of nitrogens with zero attached hydrogens (tertiary/aromatic N) is 4. The van der Waals surface area contributed by atoms with Gasteiger partial charge in [0.1, 0.15) is 13.1 Å². The minimum absolute atomic E-state index is 0.124. The maximum absolute atomic E-state index is 13.4. The molecule has 37 heavy (non-hydrogen) atoms. The van der Waals surface area contributed by atoms with E-state index in [1.165, 1.54) is 11.0 Å². The predicted octanol–water partition coefficient (Wildman–Crippen LogP) is 2.27. The lowest BCUT2D eigenvalue weighted by molar-refractivity contribution is -0.972. The van der Waals surface area contributed by atoms with Gasteiger partial charge in [-0.1, -0.05) is 36.2 Å². The maximum Gasteiger partial charge on any atom is 0.329 e. The molecule has 9 nitrogen and oxygen atoms in total. The number of carbonyl (C=O) groups is 2. The fourth-order valence-corrected chi connectivity index (χ4v) is 5.65. The average molecular weight is 505 g/mol. The van der Waals surface area contributed by atoms with Crippen LogP contribution in [0.5, 0.6) is 0 Å². The fourth-order valence-electron chi connectivity index (χ4n) is 5.65. The number of benzene rings is 2. The van der Waals surface area contributed by atoms with Gasteiger partial charge in [0.25, 0.3) is 11.5 Å². The summed E-state index contributed by atoms with van der Waals surface area (Å²) in [5.41, 5.74) is 1.83. The summed E-state index contributed by atoms with van der Waals surface area (Å²) in [6.45, 7) is 7.70. The van der Waals surface area contributed by atoms with Crippen LogP contribution in [0.25, 0.3) is 10.9 Å². The Labute approximate surface area is 215 Å². The van der Waals surface area contributed by atoms with Crippen molar-refractivity contribution in [1.82, 2.24) is 19.5 Å². The number of H-pyrrole nitrogens is 1. The highest BCUT2D eigenvalue weighted by molar-refractivity contribution is 5.97. The molecule has 0 radical (unpaired) electrons. The van der Waals surface area contributed by atoms with Gasteiger partial charge in [0, 0.05) is 18.7 Å². The second-order valence-corrected chi connectivity index (χ2v) is 10.3. The van der Waals surface area contributed by atoms with Crippen LogP contribution >= 0.6 is 0 Å². The number of piperidine rings is 1. The van der Waals surface area contributed by atoms with Crippen LogP contribution in [0.4, 0.5) is 0 Å². The van der Waals surface area contributed by atoms with Crippen LogP contribution in [0, 0.1) is 6.92 Å². The first-order valence-corrected chi connectivity index (χ1v) is 13.0. The number of aryl methyl sites for hydroxylation is 1. The smallest absolute Gasteiger partial charge is 0.327 e. The van der Waals surface area contributed by atoms with Crippen LogP contribution in [-0.2, 0) is 11.3 Å². The molecule has 9 heteroatoms. The highest BCUT2D eigenvalue weighted by Gasteiger charge is 2.45. The third-order valence-corrected chi connectivity index (χ3v) is 7.92. The summed E-state index contributed by atoms with van der Waals surface area (Å²) in [5.74, 6) is -0.0363. The van der Waals surface area contributed by atoms with Crippen molar-refractivity contribution in [2.24, 2.45) is 0 Å². The molecule has 5 rings (SSSR count). The third-order valence-electron chi connectivity index (χ3n) is 7.92. The number of amides is 2. The van der Waals surface area contributed by atoms with Crippen LogP contribution in [0.15, 0.2) is 52.1 Å². The summed E-state index contributed by atoms with van der Waals surface area (Å²) in [4.78, 5) is 56.5. The highest BCUT2D eigenvalue weighted by Crippen LogP contribution is 2.24. The zero-order valence-electron chi connectivity index (χ0n) is 21.5. The van der Waals surface area contributed by atoms with E-state index >= 15 is 0 Å². The van der Waals surface area contributed by atoms with E-state index in [0.717, 1.165) is 37.1 Å². The van der Waals surface area contributed by atoms with Crippen LogP contribution in [-0.4, -0.2) is 75.1 Å². The van der Waals surface area contributed by atoms with E-state index in [4.69, 9.17) is 0 Å². The standard InChI is InChI=1S/C28H33N5O4/c1-20-6-8-22(9-7-20)19-32-27(36)24-11-10-23(18-25(24)29-28(32)37)26(35)30-14-16-33(17-15-30,21(2)34)31-12-4-3-5-13-31/h6-11,18H,3-5,12-17,19H2,1-2H3/p+1. The number of piperazine rings is 1. The Kier molecular flexibility index (Phi) is 6.83. The number of quaternary nitrogens is 1. The lowest BCUT2D eigenvalue weighted by atomic mass is 10.1. The molecule has 3 aromatic rings. The second-order valence-electron chi connectivity index (χ2n) is 10.3. The van der Waals surface area contributed by atoms with Crippen molar-refractivity contribution in [1.29, 1.82) is 0 Å². The topological polar surface area (TPSA) is 95.5 Å². The lowest BCUT2D eigenvalue weighted by Crippen LogP contribution is -2.70. The van der Waals surface area contributed by atoms with Crippen LogP contribution in [0.2, 0.25) is 0 Å². The van der Waals surface area contributed by atoms with Gasteiger partial charge in [0.2, 0.25) is 0 Å². The van der Waals surface area contributed by atoms with E-state index < -0.39 is 5.69 Å². The molecule has 2 aromatic carbocycles. The van der Waals surface area contributed by atoms with Crippen molar-refractivity contribution in [2.75, 3.05) is 39.3 Å². The molecule has 2 saturated heterocycles. The number of nitrogens with one attached hydrogen (secondary N) is 1. The maximum atomic E-state index is 13.4. The summed E-state index contributed by atoms with van der Waals surface area (Å²) >= 11 is 0. The molecule has 1 N–H and O–H groups in total. The third kappa shape index (κ3) is 4.76. The van der Waals surface area contributed by atoms with Gasteiger partial charge >= 0.3 is 11.6 Å². The number of aromatic amines is 1. The summed E-state index contributed by atoms with van der Waals surface area (Å²) in [7, 11) is 0. The quantitative estimate of drug-likeness (QED) is 0.550. The molecule has 1 aromatic heterocycles. The molecule has 0 spiro atoms. The minimum atomic E-state index is -0.509. The Morgan fingerprint density at radius 3 is 2.24 bits per heavy atom. The molecule has 0 saturated carbocycles. The zero-order valence-corrected chi connectivity index (χ0v) is 21.5. The highest BCUT2D eigenvalue weighted by atomic mass is 16.2. The molecule has 0 bridgehead atoms. The number of aromatic nitrogens is 2. The van der Waals surface area contributed by atoms with Gasteiger partial charge in [-0.2, -0.15) is 4.59 Å². The molecule has 0 atom stereocenters. The van der Waals surface area contributed by atoms with E-state index in [2.05, 4.69) is 9.99 Å². The van der Waals surface area contributed by atoms with Gasteiger partial charge in [0.15, 0.2) is 0 Å². The van der Waals surface area contributed by atoms with Gasteiger partial charge in [-0.25, -0.2) is 9.59 Å². The summed E-state index contributed by atoms with van der Waals surface area (Å²) < 4.78 is 1.49. The second kappa shape index (κ2) is 10.1. The van der Waals surface area contributed by atoms with E-state index in [9.17, 15) is 19.2 Å². The molecular weight excluding hydrogens is 470 g/mol. The summed E-state index contributed by atoms with van der Waals surface area (Å²) in [5, 5.41) is 2.63. The Hall–Kier alpha value is -3.56. The number of carbonyl (C=O) groups excluding carboxylic acids is 2. The number of hydrogen-bond acceptors (Lipinski definition) is 5. The average Bonchev–Trinajstić information content (AvgIpc) is 2.92. The molecule has 2 aliphatic rings. The van der Waals surface area contributed by atoms with Gasteiger partial charge in [-0.15, -0.1) is 5.01 Å².